The lowest BCUT2D eigenvalue weighted by molar-refractivity contribution is 0.0916. The number of para-hydroxylation sites is 1. The molecule has 0 saturated carbocycles. The van der Waals surface area contributed by atoms with E-state index in [0.29, 0.717) is 11.7 Å². The fraction of sp³-hybridized carbons (Fsp3) is 0.429. The van der Waals surface area contributed by atoms with Crippen molar-refractivity contribution in [2.75, 3.05) is 6.54 Å². The number of nitrogens with one attached hydrogen (secondary N) is 3. The highest BCUT2D eigenvalue weighted by molar-refractivity contribution is 6.04. The van der Waals surface area contributed by atoms with E-state index in [9.17, 15) is 4.79 Å². The van der Waals surface area contributed by atoms with E-state index in [1.165, 1.54) is 0 Å². The highest BCUT2D eigenvalue weighted by Gasteiger charge is 2.24. The summed E-state index contributed by atoms with van der Waals surface area (Å²) in [5, 5.41) is 14.3. The Balaban J connectivity index is 0.00000147. The predicted octanol–water partition coefficient (Wildman–Crippen LogP) is 1.85. The first-order valence-corrected chi connectivity index (χ1v) is 6.73. The van der Waals surface area contributed by atoms with Gasteiger partial charge in [0.1, 0.15) is 0 Å². The summed E-state index contributed by atoms with van der Waals surface area (Å²) in [6.07, 6.45) is 2.11. The Hall–Kier alpha value is -1.59. The number of H-pyrrole nitrogens is 1. The number of benzene rings is 1. The summed E-state index contributed by atoms with van der Waals surface area (Å²) in [7, 11) is 0. The van der Waals surface area contributed by atoms with Crippen LogP contribution < -0.4 is 10.6 Å². The van der Waals surface area contributed by atoms with E-state index in [1.807, 2.05) is 24.3 Å². The highest BCUT2D eigenvalue weighted by Crippen LogP contribution is 2.16. The number of aromatic nitrogens is 2. The Morgan fingerprint density at radius 2 is 2.20 bits per heavy atom. The molecule has 3 rings (SSSR count). The second kappa shape index (κ2) is 6.24. The summed E-state index contributed by atoms with van der Waals surface area (Å²) in [6.45, 7) is 3.13. The minimum atomic E-state index is -0.0991. The minimum Gasteiger partial charge on any atom is -0.346 e. The van der Waals surface area contributed by atoms with Gasteiger partial charge in [-0.3, -0.25) is 9.89 Å². The number of aromatic amines is 1. The number of halogens is 1. The first kappa shape index (κ1) is 14.8. The Bertz CT molecular complexity index is 598. The normalized spacial score (nSPS) is 22.2. The Morgan fingerprint density at radius 3 is 3.00 bits per heavy atom. The lowest BCUT2D eigenvalue weighted by atomic mass is 9.99. The van der Waals surface area contributed by atoms with Gasteiger partial charge in [0.2, 0.25) is 0 Å². The van der Waals surface area contributed by atoms with Crippen LogP contribution in [0.4, 0.5) is 0 Å². The number of amides is 1. The predicted molar refractivity (Wildman–Crippen MR) is 81.3 cm³/mol. The van der Waals surface area contributed by atoms with Crippen molar-refractivity contribution in [2.45, 2.75) is 31.8 Å². The number of piperidine rings is 1. The SMILES string of the molecule is CC1NCCCC1NC(=O)c1n[nH]c2ccccc12.Cl. The van der Waals surface area contributed by atoms with Gasteiger partial charge in [-0.2, -0.15) is 5.10 Å². The van der Waals surface area contributed by atoms with Gasteiger partial charge in [0.05, 0.1) is 5.52 Å². The quantitative estimate of drug-likeness (QED) is 0.792. The van der Waals surface area contributed by atoms with E-state index < -0.39 is 0 Å². The minimum absolute atomic E-state index is 0. The van der Waals surface area contributed by atoms with Crippen molar-refractivity contribution in [2.24, 2.45) is 0 Å². The van der Waals surface area contributed by atoms with Crippen LogP contribution in [-0.2, 0) is 0 Å². The fourth-order valence-electron chi connectivity index (χ4n) is 2.61. The van der Waals surface area contributed by atoms with Crippen LogP contribution in [0.15, 0.2) is 24.3 Å². The van der Waals surface area contributed by atoms with Gasteiger partial charge in [-0.1, -0.05) is 18.2 Å². The van der Waals surface area contributed by atoms with Crippen LogP contribution in [0.1, 0.15) is 30.3 Å². The molecule has 1 aliphatic heterocycles. The van der Waals surface area contributed by atoms with E-state index in [2.05, 4.69) is 27.8 Å². The van der Waals surface area contributed by atoms with E-state index in [4.69, 9.17) is 0 Å². The molecule has 0 spiro atoms. The summed E-state index contributed by atoms with van der Waals surface area (Å²) in [6, 6.07) is 8.16. The second-order valence-electron chi connectivity index (χ2n) is 5.08. The van der Waals surface area contributed by atoms with Gasteiger partial charge in [0.15, 0.2) is 5.69 Å². The van der Waals surface area contributed by atoms with Crippen molar-refractivity contribution >= 4 is 29.2 Å². The molecular weight excluding hydrogens is 276 g/mol. The molecule has 2 heterocycles. The van der Waals surface area contributed by atoms with Crippen molar-refractivity contribution in [1.29, 1.82) is 0 Å². The van der Waals surface area contributed by atoms with E-state index in [1.54, 1.807) is 0 Å². The first-order chi connectivity index (χ1) is 9.25. The first-order valence-electron chi connectivity index (χ1n) is 6.73. The summed E-state index contributed by atoms with van der Waals surface area (Å²) in [4.78, 5) is 12.3. The number of carbonyl (C=O) groups is 1. The Morgan fingerprint density at radius 1 is 1.40 bits per heavy atom. The number of nitrogens with zero attached hydrogens (tertiary/aromatic N) is 1. The molecule has 2 atom stereocenters. The number of carbonyl (C=O) groups excluding carboxylic acids is 1. The van der Waals surface area contributed by atoms with Gasteiger partial charge >= 0.3 is 0 Å². The molecule has 1 aliphatic rings. The number of hydrogen-bond donors (Lipinski definition) is 3. The molecule has 1 amide bonds. The Labute approximate surface area is 123 Å². The van der Waals surface area contributed by atoms with Gasteiger partial charge in [-0.05, 0) is 32.4 Å². The molecule has 5 nitrogen and oxygen atoms in total. The zero-order valence-electron chi connectivity index (χ0n) is 11.3. The molecule has 1 saturated heterocycles. The summed E-state index contributed by atoms with van der Waals surface area (Å²) < 4.78 is 0. The molecule has 20 heavy (non-hydrogen) atoms. The third-order valence-corrected chi connectivity index (χ3v) is 3.76. The van der Waals surface area contributed by atoms with Crippen LogP contribution in [0.2, 0.25) is 0 Å². The molecule has 1 fully saturated rings. The van der Waals surface area contributed by atoms with Gasteiger partial charge in [0, 0.05) is 17.5 Å². The molecule has 1 aromatic carbocycles. The monoisotopic (exact) mass is 294 g/mol. The van der Waals surface area contributed by atoms with Crippen molar-refractivity contribution in [3.8, 4) is 0 Å². The van der Waals surface area contributed by atoms with Crippen molar-refractivity contribution in [3.05, 3.63) is 30.0 Å². The molecule has 3 N–H and O–H groups in total. The number of fused-ring (bicyclic) bond motifs is 1. The molecule has 1 aromatic heterocycles. The number of hydrogen-bond acceptors (Lipinski definition) is 3. The smallest absolute Gasteiger partial charge is 0.272 e. The van der Waals surface area contributed by atoms with E-state index in [0.717, 1.165) is 30.3 Å². The molecule has 0 radical (unpaired) electrons. The van der Waals surface area contributed by atoms with Crippen LogP contribution in [0.25, 0.3) is 10.9 Å². The molecular formula is C14H19ClN4O. The lowest BCUT2D eigenvalue weighted by Crippen LogP contribution is -2.52. The van der Waals surface area contributed by atoms with E-state index >= 15 is 0 Å². The van der Waals surface area contributed by atoms with Crippen LogP contribution in [0, 0.1) is 0 Å². The fourth-order valence-corrected chi connectivity index (χ4v) is 2.61. The molecule has 0 aliphatic carbocycles. The zero-order valence-corrected chi connectivity index (χ0v) is 12.2. The van der Waals surface area contributed by atoms with Gasteiger partial charge in [-0.25, -0.2) is 0 Å². The molecule has 6 heteroatoms. The average Bonchev–Trinajstić information content (AvgIpc) is 2.85. The van der Waals surface area contributed by atoms with Gasteiger partial charge < -0.3 is 10.6 Å². The second-order valence-corrected chi connectivity index (χ2v) is 5.08. The lowest BCUT2D eigenvalue weighted by Gasteiger charge is -2.30. The standard InChI is InChI=1S/C14H18N4O.ClH/c1-9-11(7-4-8-15-9)16-14(19)13-10-5-2-3-6-12(10)17-18-13;/h2-3,5-6,9,11,15H,4,7-8H2,1H3,(H,16,19)(H,17,18);1H. The molecule has 0 bridgehead atoms. The van der Waals surface area contributed by atoms with Crippen molar-refractivity contribution < 1.29 is 4.79 Å². The number of rotatable bonds is 2. The third kappa shape index (κ3) is 2.78. The topological polar surface area (TPSA) is 69.8 Å². The maximum Gasteiger partial charge on any atom is 0.272 e. The summed E-state index contributed by atoms with van der Waals surface area (Å²) in [5.74, 6) is -0.0991. The Kier molecular flexibility index (Phi) is 4.62. The van der Waals surface area contributed by atoms with Gasteiger partial charge in [-0.15, -0.1) is 12.4 Å². The average molecular weight is 295 g/mol. The largest absolute Gasteiger partial charge is 0.346 e. The van der Waals surface area contributed by atoms with Crippen molar-refractivity contribution in [3.63, 3.8) is 0 Å². The molecule has 2 aromatic rings. The zero-order chi connectivity index (χ0) is 13.2. The van der Waals surface area contributed by atoms with Crippen molar-refractivity contribution in [1.82, 2.24) is 20.8 Å². The van der Waals surface area contributed by atoms with Crippen LogP contribution in [0.3, 0.4) is 0 Å². The maximum absolute atomic E-state index is 12.3. The highest BCUT2D eigenvalue weighted by atomic mass is 35.5. The maximum atomic E-state index is 12.3. The third-order valence-electron chi connectivity index (χ3n) is 3.76. The summed E-state index contributed by atoms with van der Waals surface area (Å²) in [5.41, 5.74) is 1.37. The van der Waals surface area contributed by atoms with E-state index in [-0.39, 0.29) is 24.4 Å². The van der Waals surface area contributed by atoms with Crippen LogP contribution in [0.5, 0.6) is 0 Å². The summed E-state index contributed by atoms with van der Waals surface area (Å²) >= 11 is 0. The van der Waals surface area contributed by atoms with Gasteiger partial charge in [0.25, 0.3) is 5.91 Å². The molecule has 108 valence electrons. The van der Waals surface area contributed by atoms with Crippen LogP contribution >= 0.6 is 12.4 Å². The van der Waals surface area contributed by atoms with Crippen LogP contribution in [-0.4, -0.2) is 34.7 Å². The molecule has 2 unspecified atom stereocenters.